The summed E-state index contributed by atoms with van der Waals surface area (Å²) in [5.74, 6) is -41.5. The lowest BCUT2D eigenvalue weighted by Crippen LogP contribution is -2.85. The lowest BCUT2D eigenvalue weighted by molar-refractivity contribution is -0.544. The SMILES string of the molecule is FCOC1(F)C(F)(F)C(F)(F)C(F)(F)C(F)(OCF)C1(F)F. The molecule has 0 N–H and O–H groups in total. The van der Waals surface area contributed by atoms with Gasteiger partial charge in [-0.15, -0.1) is 0 Å². The molecule has 22 heavy (non-hydrogen) atoms. The molecule has 2 atom stereocenters. The van der Waals surface area contributed by atoms with Crippen LogP contribution in [-0.4, -0.2) is 49.1 Å². The maximum absolute atomic E-state index is 13.6. The Bertz CT molecular complexity index is 403. The summed E-state index contributed by atoms with van der Waals surface area (Å²) in [6, 6.07) is 0. The Hall–Kier alpha value is -0.920. The van der Waals surface area contributed by atoms with Gasteiger partial charge in [-0.2, -0.15) is 43.9 Å². The topological polar surface area (TPSA) is 18.5 Å². The van der Waals surface area contributed by atoms with Crippen LogP contribution in [0.3, 0.4) is 0 Å². The molecule has 0 radical (unpaired) electrons. The Labute approximate surface area is 113 Å². The molecule has 2 nitrogen and oxygen atoms in total. The van der Waals surface area contributed by atoms with Crippen molar-refractivity contribution in [1.29, 1.82) is 0 Å². The average molecular weight is 360 g/mol. The highest BCUT2D eigenvalue weighted by molar-refractivity contribution is 5.24. The van der Waals surface area contributed by atoms with Gasteiger partial charge in [-0.1, -0.05) is 0 Å². The van der Waals surface area contributed by atoms with Crippen LogP contribution in [0.25, 0.3) is 0 Å². The summed E-state index contributed by atoms with van der Waals surface area (Å²) < 4.78 is 161. The summed E-state index contributed by atoms with van der Waals surface area (Å²) in [7, 11) is 0. The Kier molecular flexibility index (Phi) is 4.16. The molecule has 0 saturated heterocycles. The molecule has 0 heterocycles. The van der Waals surface area contributed by atoms with Gasteiger partial charge in [-0.25, -0.2) is 8.78 Å². The van der Waals surface area contributed by atoms with Crippen LogP contribution in [0.5, 0.6) is 0 Å². The van der Waals surface area contributed by atoms with Crippen LogP contribution in [0.4, 0.5) is 52.7 Å². The third-order valence-corrected chi connectivity index (χ3v) is 2.91. The van der Waals surface area contributed by atoms with E-state index in [2.05, 4.69) is 9.47 Å². The molecule has 132 valence electrons. The molecule has 0 aromatic heterocycles. The van der Waals surface area contributed by atoms with Crippen molar-refractivity contribution in [2.75, 3.05) is 13.7 Å². The molecule has 0 spiro atoms. The van der Waals surface area contributed by atoms with Crippen molar-refractivity contribution in [1.82, 2.24) is 0 Å². The third kappa shape index (κ3) is 1.67. The first-order valence-corrected chi connectivity index (χ1v) is 4.91. The van der Waals surface area contributed by atoms with E-state index in [1.54, 1.807) is 0 Å². The Morgan fingerprint density at radius 1 is 0.455 bits per heavy atom. The predicted molar refractivity (Wildman–Crippen MR) is 41.6 cm³/mol. The van der Waals surface area contributed by atoms with Crippen LogP contribution in [0, 0.1) is 0 Å². The van der Waals surface area contributed by atoms with Crippen LogP contribution in [0.1, 0.15) is 0 Å². The number of alkyl halides is 12. The molecule has 1 aliphatic carbocycles. The molecule has 1 fully saturated rings. The molecule has 0 aromatic rings. The highest BCUT2D eigenvalue weighted by Gasteiger charge is 3.02. The quantitative estimate of drug-likeness (QED) is 0.711. The number of rotatable bonds is 4. The van der Waals surface area contributed by atoms with E-state index >= 15 is 0 Å². The molecule has 0 amide bonds. The van der Waals surface area contributed by atoms with Crippen molar-refractivity contribution < 1.29 is 62.2 Å². The summed E-state index contributed by atoms with van der Waals surface area (Å²) in [6.45, 7) is -5.90. The van der Waals surface area contributed by atoms with Gasteiger partial charge >= 0.3 is 35.4 Å². The average Bonchev–Trinajstić information content (AvgIpc) is 2.36. The summed E-state index contributed by atoms with van der Waals surface area (Å²) >= 11 is 0. The van der Waals surface area contributed by atoms with Crippen LogP contribution < -0.4 is 0 Å². The summed E-state index contributed by atoms with van der Waals surface area (Å²) in [4.78, 5) is 0. The second-order valence-electron chi connectivity index (χ2n) is 3.99. The fourth-order valence-electron chi connectivity index (χ4n) is 1.72. The first-order valence-electron chi connectivity index (χ1n) is 4.91. The van der Waals surface area contributed by atoms with Crippen LogP contribution >= 0.6 is 0 Å². The maximum Gasteiger partial charge on any atom is 0.384 e. The van der Waals surface area contributed by atoms with Crippen molar-refractivity contribution in [3.8, 4) is 0 Å². The van der Waals surface area contributed by atoms with E-state index in [0.717, 1.165) is 0 Å². The van der Waals surface area contributed by atoms with Crippen LogP contribution in [0.2, 0.25) is 0 Å². The van der Waals surface area contributed by atoms with E-state index in [9.17, 15) is 52.7 Å². The van der Waals surface area contributed by atoms with Crippen LogP contribution in [-0.2, 0) is 9.47 Å². The number of hydrogen-bond donors (Lipinski definition) is 0. The van der Waals surface area contributed by atoms with E-state index < -0.39 is 49.1 Å². The van der Waals surface area contributed by atoms with Crippen molar-refractivity contribution in [3.05, 3.63) is 0 Å². The number of ether oxygens (including phenoxy) is 2. The minimum absolute atomic E-state index is 2.48. The first-order chi connectivity index (χ1) is 9.62. The van der Waals surface area contributed by atoms with Gasteiger partial charge in [-0.3, -0.25) is 0 Å². The number of halogens is 12. The van der Waals surface area contributed by atoms with Crippen molar-refractivity contribution in [2.24, 2.45) is 0 Å². The van der Waals surface area contributed by atoms with E-state index in [1.807, 2.05) is 0 Å². The molecule has 0 aromatic carbocycles. The zero-order valence-corrected chi connectivity index (χ0v) is 9.77. The van der Waals surface area contributed by atoms with Gasteiger partial charge in [0.25, 0.3) is 0 Å². The van der Waals surface area contributed by atoms with Crippen LogP contribution in [0.15, 0.2) is 0 Å². The third-order valence-electron chi connectivity index (χ3n) is 2.91. The zero-order chi connectivity index (χ0) is 17.8. The molecule has 1 saturated carbocycles. The van der Waals surface area contributed by atoms with Gasteiger partial charge in [0.05, 0.1) is 0 Å². The van der Waals surface area contributed by atoms with Gasteiger partial charge < -0.3 is 9.47 Å². The molecule has 2 unspecified atom stereocenters. The van der Waals surface area contributed by atoms with Gasteiger partial charge in [0.1, 0.15) is 0 Å². The second-order valence-corrected chi connectivity index (χ2v) is 3.99. The molecular weight excluding hydrogens is 356 g/mol. The first kappa shape index (κ1) is 19.1. The molecule has 0 aliphatic heterocycles. The predicted octanol–water partition coefficient (Wildman–Crippen LogP) is 3.76. The van der Waals surface area contributed by atoms with E-state index in [0.29, 0.717) is 0 Å². The lowest BCUT2D eigenvalue weighted by Gasteiger charge is -2.53. The zero-order valence-electron chi connectivity index (χ0n) is 9.77. The molecule has 1 aliphatic rings. The molecule has 1 rings (SSSR count). The Morgan fingerprint density at radius 2 is 0.727 bits per heavy atom. The molecule has 0 bridgehead atoms. The van der Waals surface area contributed by atoms with E-state index in [1.165, 1.54) is 0 Å². The minimum atomic E-state index is -7.18. The molecular formula is C8H4F12O2. The standard InChI is InChI=1S/C8H4F12O2/c9-1-21-7(19)4(13,14)3(11,12)5(15,16)8(20,22-2-10)6(7,17)18/h1-2H2. The van der Waals surface area contributed by atoms with Gasteiger partial charge in [0.15, 0.2) is 13.7 Å². The smallest absolute Gasteiger partial charge is 0.304 e. The molecule has 14 heteroatoms. The second kappa shape index (κ2) is 4.79. The maximum atomic E-state index is 13.6. The van der Waals surface area contributed by atoms with Gasteiger partial charge in [-0.05, 0) is 0 Å². The Morgan fingerprint density at radius 3 is 0.955 bits per heavy atom. The normalized spacial score (nSPS) is 38.7. The fourth-order valence-corrected chi connectivity index (χ4v) is 1.72. The van der Waals surface area contributed by atoms with Crippen molar-refractivity contribution in [2.45, 2.75) is 35.4 Å². The highest BCUT2D eigenvalue weighted by Crippen LogP contribution is 2.69. The highest BCUT2D eigenvalue weighted by atomic mass is 19.4. The summed E-state index contributed by atoms with van der Waals surface area (Å²) in [5, 5.41) is 0. The summed E-state index contributed by atoms with van der Waals surface area (Å²) in [5.41, 5.74) is 0. The monoisotopic (exact) mass is 360 g/mol. The van der Waals surface area contributed by atoms with Gasteiger partial charge in [0, 0.05) is 0 Å². The van der Waals surface area contributed by atoms with Crippen molar-refractivity contribution in [3.63, 3.8) is 0 Å². The van der Waals surface area contributed by atoms with Crippen molar-refractivity contribution >= 4 is 0 Å². The van der Waals surface area contributed by atoms with E-state index in [4.69, 9.17) is 0 Å². The minimum Gasteiger partial charge on any atom is -0.304 e. The van der Waals surface area contributed by atoms with E-state index in [-0.39, 0.29) is 0 Å². The number of hydrogen-bond acceptors (Lipinski definition) is 2. The largest absolute Gasteiger partial charge is 0.384 e. The lowest BCUT2D eigenvalue weighted by atomic mass is 9.77. The Balaban J connectivity index is 3.78. The summed E-state index contributed by atoms with van der Waals surface area (Å²) in [6.07, 6.45) is 0. The fraction of sp³-hybridized carbons (Fsp3) is 1.00. The van der Waals surface area contributed by atoms with Gasteiger partial charge in [0.2, 0.25) is 0 Å².